The molecule has 3 heteroatoms. The summed E-state index contributed by atoms with van der Waals surface area (Å²) in [6, 6.07) is 21.6. The van der Waals surface area contributed by atoms with Crippen LogP contribution in [0.15, 0.2) is 66.7 Å². The lowest BCUT2D eigenvalue weighted by Crippen LogP contribution is -2.18. The molecule has 0 radical (unpaired) electrons. The number of ether oxygens (including phenoxy) is 2. The number of carbonyl (C=O) groups is 1. The van der Waals surface area contributed by atoms with Crippen molar-refractivity contribution in [3.8, 4) is 22.6 Å². The van der Waals surface area contributed by atoms with Gasteiger partial charge in [0.2, 0.25) is 0 Å². The van der Waals surface area contributed by atoms with Crippen LogP contribution in [0.2, 0.25) is 0 Å². The van der Waals surface area contributed by atoms with Crippen molar-refractivity contribution < 1.29 is 14.3 Å². The summed E-state index contributed by atoms with van der Waals surface area (Å²) in [7, 11) is 0. The van der Waals surface area contributed by atoms with Gasteiger partial charge in [-0.25, -0.2) is 4.79 Å². The van der Waals surface area contributed by atoms with Gasteiger partial charge in [-0.15, -0.1) is 0 Å². The maximum Gasteiger partial charge on any atom is 0.349 e. The molecule has 132 valence electrons. The van der Waals surface area contributed by atoms with Crippen LogP contribution >= 0.6 is 0 Å². The van der Waals surface area contributed by atoms with Crippen LogP contribution in [0.4, 0.5) is 0 Å². The molecule has 0 bridgehead atoms. The summed E-state index contributed by atoms with van der Waals surface area (Å²) in [6.07, 6.45) is 0. The molecule has 0 aliphatic carbocycles. The lowest BCUT2D eigenvalue weighted by molar-refractivity contribution is -0.136. The van der Waals surface area contributed by atoms with Crippen LogP contribution in [-0.4, -0.2) is 12.6 Å². The number of hydrogen-bond acceptors (Lipinski definition) is 3. The zero-order valence-corrected chi connectivity index (χ0v) is 15.3. The van der Waals surface area contributed by atoms with Crippen molar-refractivity contribution in [1.29, 1.82) is 0 Å². The third-order valence-corrected chi connectivity index (χ3v) is 4.40. The maximum absolute atomic E-state index is 12.1. The summed E-state index contributed by atoms with van der Waals surface area (Å²) in [5.41, 5.74) is 5.39. The number of rotatable bonds is 5. The molecular weight excluding hydrogens is 324 g/mol. The topological polar surface area (TPSA) is 35.5 Å². The molecule has 3 aromatic carbocycles. The summed E-state index contributed by atoms with van der Waals surface area (Å²) in [6.45, 7) is 5.86. The molecule has 0 atom stereocenters. The van der Waals surface area contributed by atoms with Gasteiger partial charge in [0.25, 0.3) is 0 Å². The smallest absolute Gasteiger partial charge is 0.349 e. The van der Waals surface area contributed by atoms with Gasteiger partial charge in [-0.1, -0.05) is 54.6 Å². The Morgan fingerprint density at radius 2 is 1.38 bits per heavy atom. The van der Waals surface area contributed by atoms with Crippen LogP contribution in [-0.2, 0) is 4.79 Å². The second-order valence-corrected chi connectivity index (χ2v) is 6.31. The second kappa shape index (κ2) is 7.87. The first-order valence-electron chi connectivity index (χ1n) is 8.60. The molecule has 3 rings (SSSR count). The van der Waals surface area contributed by atoms with Gasteiger partial charge in [-0.3, -0.25) is 0 Å². The molecule has 0 aromatic heterocycles. The Kier molecular flexibility index (Phi) is 5.37. The molecular formula is C23H22O3. The molecule has 26 heavy (non-hydrogen) atoms. The quantitative estimate of drug-likeness (QED) is 0.467. The van der Waals surface area contributed by atoms with Gasteiger partial charge < -0.3 is 9.47 Å². The average molecular weight is 346 g/mol. The van der Waals surface area contributed by atoms with Crippen LogP contribution in [0, 0.1) is 20.8 Å². The van der Waals surface area contributed by atoms with Crippen LogP contribution in [0.1, 0.15) is 16.7 Å². The third-order valence-electron chi connectivity index (χ3n) is 4.40. The van der Waals surface area contributed by atoms with Gasteiger partial charge in [0.05, 0.1) is 0 Å². The number of esters is 1. The molecule has 0 unspecified atom stereocenters. The van der Waals surface area contributed by atoms with E-state index < -0.39 is 5.97 Å². The molecule has 0 amide bonds. The Hall–Kier alpha value is -3.07. The van der Waals surface area contributed by atoms with Gasteiger partial charge in [0.1, 0.15) is 11.5 Å². The summed E-state index contributed by atoms with van der Waals surface area (Å²) >= 11 is 0. The number of benzene rings is 3. The predicted molar refractivity (Wildman–Crippen MR) is 104 cm³/mol. The molecule has 0 saturated heterocycles. The maximum atomic E-state index is 12.1. The van der Waals surface area contributed by atoms with E-state index in [0.717, 1.165) is 33.6 Å². The summed E-state index contributed by atoms with van der Waals surface area (Å²) < 4.78 is 11.1. The third kappa shape index (κ3) is 4.12. The molecule has 3 nitrogen and oxygen atoms in total. The normalized spacial score (nSPS) is 10.4. The zero-order valence-electron chi connectivity index (χ0n) is 15.3. The highest BCUT2D eigenvalue weighted by Gasteiger charge is 2.11. The minimum absolute atomic E-state index is 0.119. The molecule has 3 aromatic rings. The van der Waals surface area contributed by atoms with Crippen LogP contribution in [0.25, 0.3) is 11.1 Å². The van der Waals surface area contributed by atoms with Crippen molar-refractivity contribution in [1.82, 2.24) is 0 Å². The van der Waals surface area contributed by atoms with E-state index in [4.69, 9.17) is 9.47 Å². The van der Waals surface area contributed by atoms with Crippen molar-refractivity contribution in [3.63, 3.8) is 0 Å². The van der Waals surface area contributed by atoms with Crippen molar-refractivity contribution in [2.24, 2.45) is 0 Å². The molecule has 0 spiro atoms. The van der Waals surface area contributed by atoms with Crippen molar-refractivity contribution in [3.05, 3.63) is 83.4 Å². The Labute approximate surface area is 154 Å². The molecule has 0 N–H and O–H groups in total. The molecule has 0 saturated carbocycles. The minimum atomic E-state index is -0.419. The van der Waals surface area contributed by atoms with Crippen LogP contribution in [0.5, 0.6) is 11.5 Å². The number of aryl methyl sites for hydroxylation is 2. The Bertz CT molecular complexity index is 897. The van der Waals surface area contributed by atoms with E-state index in [-0.39, 0.29) is 6.61 Å². The van der Waals surface area contributed by atoms with E-state index in [1.807, 2.05) is 75.4 Å². The highest BCUT2D eigenvalue weighted by atomic mass is 16.6. The molecule has 0 aliphatic heterocycles. The van der Waals surface area contributed by atoms with Crippen molar-refractivity contribution in [2.45, 2.75) is 20.8 Å². The standard InChI is InChI=1S/C23H22O3/c1-16-9-10-17(2)23(18(16)3)25-15-22(24)26-21-13-11-20(12-14-21)19-7-5-4-6-8-19/h4-14H,15H2,1-3H3. The monoisotopic (exact) mass is 346 g/mol. The highest BCUT2D eigenvalue weighted by molar-refractivity contribution is 5.74. The first kappa shape index (κ1) is 17.7. The summed E-state index contributed by atoms with van der Waals surface area (Å²) in [5, 5.41) is 0. The molecule has 0 fully saturated rings. The van der Waals surface area contributed by atoms with E-state index >= 15 is 0 Å². The molecule has 0 heterocycles. The fraction of sp³-hybridized carbons (Fsp3) is 0.174. The van der Waals surface area contributed by atoms with Gasteiger partial charge in [-0.2, -0.15) is 0 Å². The highest BCUT2D eigenvalue weighted by Crippen LogP contribution is 2.26. The Morgan fingerprint density at radius 3 is 2.08 bits per heavy atom. The largest absolute Gasteiger partial charge is 0.481 e. The Balaban J connectivity index is 1.61. The summed E-state index contributed by atoms with van der Waals surface area (Å²) in [5.74, 6) is 0.843. The number of hydrogen-bond donors (Lipinski definition) is 0. The average Bonchev–Trinajstić information content (AvgIpc) is 2.66. The first-order valence-corrected chi connectivity index (χ1v) is 8.60. The predicted octanol–water partition coefficient (Wildman–Crippen LogP) is 5.26. The van der Waals surface area contributed by atoms with Crippen molar-refractivity contribution in [2.75, 3.05) is 6.61 Å². The van der Waals surface area contributed by atoms with E-state index in [1.165, 1.54) is 0 Å². The molecule has 0 aliphatic rings. The fourth-order valence-electron chi connectivity index (χ4n) is 2.79. The van der Waals surface area contributed by atoms with Gasteiger partial charge >= 0.3 is 5.97 Å². The zero-order chi connectivity index (χ0) is 18.5. The van der Waals surface area contributed by atoms with Crippen LogP contribution < -0.4 is 9.47 Å². The first-order chi connectivity index (χ1) is 12.5. The lowest BCUT2D eigenvalue weighted by Gasteiger charge is -2.13. The number of carbonyl (C=O) groups excluding carboxylic acids is 1. The van der Waals surface area contributed by atoms with E-state index in [9.17, 15) is 4.79 Å². The van der Waals surface area contributed by atoms with Gasteiger partial charge in [0, 0.05) is 0 Å². The summed E-state index contributed by atoms with van der Waals surface area (Å²) in [4.78, 5) is 12.1. The van der Waals surface area contributed by atoms with E-state index in [1.54, 1.807) is 12.1 Å². The minimum Gasteiger partial charge on any atom is -0.481 e. The Morgan fingerprint density at radius 1 is 0.769 bits per heavy atom. The van der Waals surface area contributed by atoms with Crippen molar-refractivity contribution >= 4 is 5.97 Å². The van der Waals surface area contributed by atoms with E-state index in [0.29, 0.717) is 5.75 Å². The van der Waals surface area contributed by atoms with Crippen LogP contribution in [0.3, 0.4) is 0 Å². The van der Waals surface area contributed by atoms with Gasteiger partial charge in [-0.05, 0) is 60.7 Å². The fourth-order valence-corrected chi connectivity index (χ4v) is 2.79. The van der Waals surface area contributed by atoms with E-state index in [2.05, 4.69) is 0 Å². The second-order valence-electron chi connectivity index (χ2n) is 6.31. The van der Waals surface area contributed by atoms with Gasteiger partial charge in [0.15, 0.2) is 6.61 Å². The SMILES string of the molecule is Cc1ccc(C)c(OCC(=O)Oc2ccc(-c3ccccc3)cc2)c1C. The lowest BCUT2D eigenvalue weighted by atomic mass is 10.1.